The summed E-state index contributed by atoms with van der Waals surface area (Å²) in [7, 11) is 0. The first-order valence-electron chi connectivity index (χ1n) is 4.98. The molecule has 0 bridgehead atoms. The van der Waals surface area contributed by atoms with E-state index in [4.69, 9.17) is 0 Å². The molecule has 80 valence electrons. The minimum Gasteiger partial charge on any atom is -0.361 e. The van der Waals surface area contributed by atoms with Crippen LogP contribution in [-0.2, 0) is 5.92 Å². The van der Waals surface area contributed by atoms with E-state index in [1.807, 2.05) is 6.07 Å². The summed E-state index contributed by atoms with van der Waals surface area (Å²) in [6.07, 6.45) is 1.41. The van der Waals surface area contributed by atoms with Crippen molar-refractivity contribution in [2.24, 2.45) is 5.92 Å². The molecule has 2 aromatic rings. The molecule has 1 aromatic heterocycles. The third-order valence-corrected chi connectivity index (χ3v) is 2.67. The van der Waals surface area contributed by atoms with E-state index < -0.39 is 11.8 Å². The van der Waals surface area contributed by atoms with Crippen LogP contribution in [-0.4, -0.2) is 4.98 Å². The first-order valence-corrected chi connectivity index (χ1v) is 4.98. The summed E-state index contributed by atoms with van der Waals surface area (Å²) >= 11 is 0. The van der Waals surface area contributed by atoms with Crippen molar-refractivity contribution in [3.05, 3.63) is 36.0 Å². The number of aromatic nitrogens is 1. The minimum atomic E-state index is -2.78. The molecule has 1 N–H and O–H groups in total. The van der Waals surface area contributed by atoms with Gasteiger partial charge in [-0.05, 0) is 6.07 Å². The molecule has 3 heteroatoms. The van der Waals surface area contributed by atoms with Gasteiger partial charge in [-0.3, -0.25) is 0 Å². The van der Waals surface area contributed by atoms with Gasteiger partial charge in [0.1, 0.15) is 0 Å². The molecule has 1 aromatic carbocycles. The molecule has 0 unspecified atom stereocenters. The number of hydrogen-bond acceptors (Lipinski definition) is 0. The molecule has 1 heterocycles. The summed E-state index contributed by atoms with van der Waals surface area (Å²) in [5.41, 5.74) is 0.848. The number of rotatable bonds is 2. The van der Waals surface area contributed by atoms with Gasteiger partial charge in [-0.15, -0.1) is 0 Å². The van der Waals surface area contributed by atoms with Gasteiger partial charge < -0.3 is 4.98 Å². The van der Waals surface area contributed by atoms with E-state index in [1.165, 1.54) is 20.0 Å². The van der Waals surface area contributed by atoms with Gasteiger partial charge in [0.2, 0.25) is 0 Å². The summed E-state index contributed by atoms with van der Waals surface area (Å²) in [4.78, 5) is 2.87. The second-order valence-corrected chi connectivity index (χ2v) is 4.03. The summed E-state index contributed by atoms with van der Waals surface area (Å²) in [5.74, 6) is -3.48. The number of alkyl halides is 2. The summed E-state index contributed by atoms with van der Waals surface area (Å²) in [6.45, 7) is 3.06. The zero-order valence-electron chi connectivity index (χ0n) is 8.72. The number of para-hydroxylation sites is 1. The predicted octanol–water partition coefficient (Wildman–Crippen LogP) is 3.92. The Morgan fingerprint density at radius 3 is 2.53 bits per heavy atom. The van der Waals surface area contributed by atoms with Gasteiger partial charge >= 0.3 is 0 Å². The fraction of sp³-hybridized carbons (Fsp3) is 0.333. The van der Waals surface area contributed by atoms with E-state index in [2.05, 4.69) is 4.98 Å². The molecular weight excluding hydrogens is 196 g/mol. The Hall–Kier alpha value is -1.38. The quantitative estimate of drug-likeness (QED) is 0.771. The maximum atomic E-state index is 13.8. The van der Waals surface area contributed by atoms with Crippen molar-refractivity contribution in [2.75, 3.05) is 0 Å². The van der Waals surface area contributed by atoms with Crippen LogP contribution in [0.5, 0.6) is 0 Å². The monoisotopic (exact) mass is 209 g/mol. The van der Waals surface area contributed by atoms with Gasteiger partial charge in [-0.2, -0.15) is 0 Å². The SMILES string of the molecule is CC(C)C(F)(F)c1c[nH]c2ccccc12. The van der Waals surface area contributed by atoms with Crippen LogP contribution in [0, 0.1) is 5.92 Å². The van der Waals surface area contributed by atoms with E-state index in [-0.39, 0.29) is 5.56 Å². The molecule has 0 aliphatic heterocycles. The first-order chi connectivity index (χ1) is 7.03. The molecular formula is C12H13F2N. The Morgan fingerprint density at radius 1 is 1.20 bits per heavy atom. The average Bonchev–Trinajstić information content (AvgIpc) is 2.61. The van der Waals surface area contributed by atoms with E-state index in [0.717, 1.165) is 5.52 Å². The van der Waals surface area contributed by atoms with Crippen LogP contribution in [0.25, 0.3) is 10.9 Å². The number of hydrogen-bond donors (Lipinski definition) is 1. The normalized spacial score (nSPS) is 12.6. The Bertz CT molecular complexity index is 471. The highest BCUT2D eigenvalue weighted by Crippen LogP contribution is 2.39. The number of fused-ring (bicyclic) bond motifs is 1. The molecule has 0 aliphatic carbocycles. The lowest BCUT2D eigenvalue weighted by Gasteiger charge is -2.19. The van der Waals surface area contributed by atoms with Crippen LogP contribution < -0.4 is 0 Å². The fourth-order valence-electron chi connectivity index (χ4n) is 1.66. The average molecular weight is 209 g/mol. The molecule has 0 atom stereocenters. The van der Waals surface area contributed by atoms with Gasteiger partial charge in [0.25, 0.3) is 5.92 Å². The zero-order chi connectivity index (χ0) is 11.1. The van der Waals surface area contributed by atoms with Gasteiger partial charge in [0.15, 0.2) is 0 Å². The maximum absolute atomic E-state index is 13.8. The lowest BCUT2D eigenvalue weighted by molar-refractivity contribution is -0.0499. The Balaban J connectivity index is 2.62. The molecule has 0 saturated heterocycles. The Morgan fingerprint density at radius 2 is 1.87 bits per heavy atom. The van der Waals surface area contributed by atoms with E-state index >= 15 is 0 Å². The Kier molecular flexibility index (Phi) is 2.25. The molecule has 2 rings (SSSR count). The van der Waals surface area contributed by atoms with Crippen molar-refractivity contribution in [1.29, 1.82) is 0 Å². The Labute approximate surface area is 87.1 Å². The second kappa shape index (κ2) is 3.33. The number of H-pyrrole nitrogens is 1. The van der Waals surface area contributed by atoms with Gasteiger partial charge in [0.05, 0.1) is 0 Å². The van der Waals surface area contributed by atoms with Crippen LogP contribution in [0.15, 0.2) is 30.5 Å². The van der Waals surface area contributed by atoms with Crippen molar-refractivity contribution in [1.82, 2.24) is 4.98 Å². The van der Waals surface area contributed by atoms with Crippen molar-refractivity contribution < 1.29 is 8.78 Å². The van der Waals surface area contributed by atoms with Crippen LogP contribution >= 0.6 is 0 Å². The van der Waals surface area contributed by atoms with Crippen molar-refractivity contribution in [2.45, 2.75) is 19.8 Å². The zero-order valence-corrected chi connectivity index (χ0v) is 8.72. The van der Waals surface area contributed by atoms with Crippen LogP contribution in [0.2, 0.25) is 0 Å². The van der Waals surface area contributed by atoms with E-state index in [9.17, 15) is 8.78 Å². The van der Waals surface area contributed by atoms with Gasteiger partial charge in [-0.1, -0.05) is 32.0 Å². The molecule has 0 radical (unpaired) electrons. The van der Waals surface area contributed by atoms with Crippen molar-refractivity contribution in [3.8, 4) is 0 Å². The highest BCUT2D eigenvalue weighted by Gasteiger charge is 2.37. The van der Waals surface area contributed by atoms with Crippen molar-refractivity contribution >= 4 is 10.9 Å². The molecule has 0 fully saturated rings. The summed E-state index contributed by atoms with van der Waals surface area (Å²) < 4.78 is 27.6. The lowest BCUT2D eigenvalue weighted by Crippen LogP contribution is -2.20. The van der Waals surface area contributed by atoms with Gasteiger partial charge in [-0.25, -0.2) is 8.78 Å². The molecule has 0 saturated carbocycles. The lowest BCUT2D eigenvalue weighted by atomic mass is 9.97. The highest BCUT2D eigenvalue weighted by molar-refractivity contribution is 5.83. The van der Waals surface area contributed by atoms with Crippen LogP contribution in [0.3, 0.4) is 0 Å². The number of halogens is 2. The van der Waals surface area contributed by atoms with Crippen LogP contribution in [0.4, 0.5) is 8.78 Å². The second-order valence-electron chi connectivity index (χ2n) is 4.03. The number of benzene rings is 1. The summed E-state index contributed by atoms with van der Waals surface area (Å²) in [5, 5.41) is 0.608. The standard InChI is InChI=1S/C12H13F2N/c1-8(2)12(13,14)10-7-15-11-6-4-3-5-9(10)11/h3-8,15H,1-2H3. The topological polar surface area (TPSA) is 15.8 Å². The first kappa shape index (κ1) is 10.1. The highest BCUT2D eigenvalue weighted by atomic mass is 19.3. The predicted molar refractivity (Wildman–Crippen MR) is 57.0 cm³/mol. The van der Waals surface area contributed by atoms with E-state index in [1.54, 1.807) is 18.2 Å². The molecule has 0 aliphatic rings. The van der Waals surface area contributed by atoms with E-state index in [0.29, 0.717) is 5.39 Å². The number of aromatic amines is 1. The van der Waals surface area contributed by atoms with Crippen LogP contribution in [0.1, 0.15) is 19.4 Å². The molecule has 0 amide bonds. The molecule has 0 spiro atoms. The maximum Gasteiger partial charge on any atom is 0.277 e. The third-order valence-electron chi connectivity index (χ3n) is 2.67. The molecule has 15 heavy (non-hydrogen) atoms. The third kappa shape index (κ3) is 1.52. The summed E-state index contributed by atoms with van der Waals surface area (Å²) in [6, 6.07) is 7.12. The van der Waals surface area contributed by atoms with Gasteiger partial charge in [0, 0.05) is 28.6 Å². The minimum absolute atomic E-state index is 0.0908. The largest absolute Gasteiger partial charge is 0.361 e. The fourth-order valence-corrected chi connectivity index (χ4v) is 1.66. The molecule has 1 nitrogen and oxygen atoms in total. The smallest absolute Gasteiger partial charge is 0.277 e. The van der Waals surface area contributed by atoms with Crippen molar-refractivity contribution in [3.63, 3.8) is 0 Å². The number of nitrogens with one attached hydrogen (secondary N) is 1.